The zero-order chi connectivity index (χ0) is 28.2. The second-order valence-corrected chi connectivity index (χ2v) is 11.6. The van der Waals surface area contributed by atoms with Gasteiger partial charge in [-0.15, -0.1) is 0 Å². The number of unbranched alkanes of at least 4 members (excludes halogenated alkanes) is 1. The molecule has 0 radical (unpaired) electrons. The molecular formula is C32H49N3O5. The largest absolute Gasteiger partial charge is 0.494 e. The molecule has 1 N–H and O–H groups in total. The third-order valence-corrected chi connectivity index (χ3v) is 8.63. The van der Waals surface area contributed by atoms with Gasteiger partial charge in [0, 0.05) is 50.1 Å². The Labute approximate surface area is 239 Å². The first-order valence-electron chi connectivity index (χ1n) is 15.4. The topological polar surface area (TPSA) is 84.1 Å². The van der Waals surface area contributed by atoms with Crippen LogP contribution in [0, 0.1) is 5.92 Å². The molecule has 1 atom stereocenters. The first-order chi connectivity index (χ1) is 19.5. The lowest BCUT2D eigenvalue weighted by Gasteiger charge is -2.42. The minimum Gasteiger partial charge on any atom is -0.494 e. The predicted molar refractivity (Wildman–Crippen MR) is 158 cm³/mol. The number of likely N-dealkylation sites (tertiary alicyclic amines) is 1. The van der Waals surface area contributed by atoms with E-state index in [1.165, 1.54) is 51.0 Å². The SMILES string of the molecule is COCOC1CCN(C(C)N(CC2CCCCCCC2)C(=O)CCCCOc2ccc3[nH]c(=O)ccc3c2)CC1. The van der Waals surface area contributed by atoms with Gasteiger partial charge in [-0.25, -0.2) is 0 Å². The first kappa shape index (κ1) is 30.5. The van der Waals surface area contributed by atoms with E-state index in [0.717, 1.165) is 62.0 Å². The van der Waals surface area contributed by atoms with Crippen LogP contribution in [0.1, 0.15) is 84.0 Å². The Morgan fingerprint density at radius 3 is 2.52 bits per heavy atom. The number of carbonyl (C=O) groups excluding carboxylic acids is 1. The number of ether oxygens (including phenoxy) is 3. The average Bonchev–Trinajstić information content (AvgIpc) is 2.95. The summed E-state index contributed by atoms with van der Waals surface area (Å²) >= 11 is 0. The molecule has 1 aromatic heterocycles. The summed E-state index contributed by atoms with van der Waals surface area (Å²) in [6.45, 7) is 5.88. The summed E-state index contributed by atoms with van der Waals surface area (Å²) in [4.78, 5) is 32.6. The summed E-state index contributed by atoms with van der Waals surface area (Å²) in [6.07, 6.45) is 13.5. The number of nitrogens with zero attached hydrogens (tertiary/aromatic N) is 2. The fourth-order valence-corrected chi connectivity index (χ4v) is 6.18. The Morgan fingerprint density at radius 2 is 1.77 bits per heavy atom. The Hall–Kier alpha value is -2.42. The van der Waals surface area contributed by atoms with Crippen LogP contribution in [0.15, 0.2) is 35.1 Å². The van der Waals surface area contributed by atoms with E-state index in [0.29, 0.717) is 25.7 Å². The summed E-state index contributed by atoms with van der Waals surface area (Å²) in [6, 6.07) is 9.03. The number of hydrogen-bond acceptors (Lipinski definition) is 6. The van der Waals surface area contributed by atoms with Crippen molar-refractivity contribution in [2.24, 2.45) is 5.92 Å². The summed E-state index contributed by atoms with van der Waals surface area (Å²) in [5.74, 6) is 1.64. The van der Waals surface area contributed by atoms with Crippen LogP contribution in [0.3, 0.4) is 0 Å². The molecule has 1 saturated carbocycles. The van der Waals surface area contributed by atoms with Gasteiger partial charge >= 0.3 is 0 Å². The molecule has 8 nitrogen and oxygen atoms in total. The van der Waals surface area contributed by atoms with Gasteiger partial charge in [0.2, 0.25) is 11.5 Å². The summed E-state index contributed by atoms with van der Waals surface area (Å²) in [5.41, 5.74) is 0.694. The second kappa shape index (κ2) is 16.1. The molecule has 40 heavy (non-hydrogen) atoms. The van der Waals surface area contributed by atoms with Gasteiger partial charge in [0.1, 0.15) is 12.5 Å². The van der Waals surface area contributed by atoms with Gasteiger partial charge in [-0.05, 0) is 75.6 Å². The number of aromatic amines is 1. The van der Waals surface area contributed by atoms with Crippen LogP contribution in [0.4, 0.5) is 0 Å². The highest BCUT2D eigenvalue weighted by molar-refractivity contribution is 5.79. The fraction of sp³-hybridized carbons (Fsp3) is 0.688. The van der Waals surface area contributed by atoms with Crippen LogP contribution in [0.5, 0.6) is 5.75 Å². The van der Waals surface area contributed by atoms with Gasteiger partial charge in [0.25, 0.3) is 0 Å². The Morgan fingerprint density at radius 1 is 1.02 bits per heavy atom. The van der Waals surface area contributed by atoms with Crippen molar-refractivity contribution in [3.05, 3.63) is 40.7 Å². The van der Waals surface area contributed by atoms with E-state index in [-0.39, 0.29) is 23.7 Å². The minimum atomic E-state index is -0.107. The molecule has 2 fully saturated rings. The minimum absolute atomic E-state index is 0.0987. The monoisotopic (exact) mass is 555 g/mol. The molecule has 1 unspecified atom stereocenters. The molecule has 1 saturated heterocycles. The second-order valence-electron chi connectivity index (χ2n) is 11.6. The van der Waals surface area contributed by atoms with Gasteiger partial charge in [-0.2, -0.15) is 0 Å². The number of pyridine rings is 1. The van der Waals surface area contributed by atoms with Crippen molar-refractivity contribution in [2.75, 3.05) is 40.1 Å². The number of aromatic nitrogens is 1. The van der Waals surface area contributed by atoms with Crippen molar-refractivity contribution in [3.63, 3.8) is 0 Å². The average molecular weight is 556 g/mol. The highest BCUT2D eigenvalue weighted by Gasteiger charge is 2.30. The van der Waals surface area contributed by atoms with E-state index in [4.69, 9.17) is 14.2 Å². The van der Waals surface area contributed by atoms with Gasteiger partial charge in [0.05, 0.1) is 18.9 Å². The lowest BCUT2D eigenvalue weighted by atomic mass is 9.90. The number of H-pyrrole nitrogens is 1. The van der Waals surface area contributed by atoms with Crippen molar-refractivity contribution < 1.29 is 19.0 Å². The highest BCUT2D eigenvalue weighted by atomic mass is 16.7. The van der Waals surface area contributed by atoms with Crippen LogP contribution in [0.2, 0.25) is 0 Å². The van der Waals surface area contributed by atoms with E-state index in [2.05, 4.69) is 21.7 Å². The molecule has 222 valence electrons. The van der Waals surface area contributed by atoms with Crippen molar-refractivity contribution in [1.82, 2.24) is 14.8 Å². The number of hydrogen-bond donors (Lipinski definition) is 1. The maximum Gasteiger partial charge on any atom is 0.248 e. The van der Waals surface area contributed by atoms with Crippen molar-refractivity contribution in [3.8, 4) is 5.75 Å². The van der Waals surface area contributed by atoms with E-state index < -0.39 is 0 Å². The number of amides is 1. The Kier molecular flexibility index (Phi) is 12.3. The fourth-order valence-electron chi connectivity index (χ4n) is 6.18. The van der Waals surface area contributed by atoms with E-state index in [1.807, 2.05) is 18.2 Å². The van der Waals surface area contributed by atoms with Gasteiger partial charge in [0.15, 0.2) is 0 Å². The zero-order valence-electron chi connectivity index (χ0n) is 24.6. The van der Waals surface area contributed by atoms with Gasteiger partial charge in [-0.1, -0.05) is 32.1 Å². The van der Waals surface area contributed by atoms with Crippen LogP contribution < -0.4 is 10.3 Å². The molecule has 2 heterocycles. The number of rotatable bonds is 13. The van der Waals surface area contributed by atoms with Crippen LogP contribution in [-0.4, -0.2) is 73.1 Å². The molecule has 1 aliphatic heterocycles. The molecular weight excluding hydrogens is 506 g/mol. The maximum absolute atomic E-state index is 13.7. The van der Waals surface area contributed by atoms with Crippen LogP contribution in [0.25, 0.3) is 10.9 Å². The Bertz CT molecular complexity index is 1090. The lowest BCUT2D eigenvalue weighted by Crippen LogP contribution is -2.53. The standard InChI is InChI=1S/C32H49N3O5/c1-25(34-19-17-28(18-20-34)40-24-38-2)35(23-26-10-6-4-3-5-7-11-26)32(37)12-8-9-21-39-29-14-15-30-27(22-29)13-16-31(36)33-30/h13-16,22,25-26,28H,3-12,17-21,23-24H2,1-2H3,(H,33,36). The molecule has 0 spiro atoms. The number of nitrogens with one attached hydrogen (secondary N) is 1. The quantitative estimate of drug-likeness (QED) is 0.252. The molecule has 2 aromatic rings. The normalized spacial score (nSPS) is 18.8. The van der Waals surface area contributed by atoms with Crippen molar-refractivity contribution in [2.45, 2.75) is 96.2 Å². The number of benzene rings is 1. The number of carbonyl (C=O) groups is 1. The molecule has 1 aliphatic carbocycles. The van der Waals surface area contributed by atoms with E-state index >= 15 is 0 Å². The number of piperidine rings is 1. The van der Waals surface area contributed by atoms with Crippen molar-refractivity contribution in [1.29, 1.82) is 0 Å². The first-order valence-corrected chi connectivity index (χ1v) is 15.4. The summed E-state index contributed by atoms with van der Waals surface area (Å²) in [5, 5.41) is 0.945. The predicted octanol–water partition coefficient (Wildman–Crippen LogP) is 5.70. The summed E-state index contributed by atoms with van der Waals surface area (Å²) in [7, 11) is 1.66. The molecule has 8 heteroatoms. The molecule has 1 amide bonds. The van der Waals surface area contributed by atoms with E-state index in [1.54, 1.807) is 13.2 Å². The van der Waals surface area contributed by atoms with Crippen molar-refractivity contribution >= 4 is 16.8 Å². The van der Waals surface area contributed by atoms with Gasteiger partial charge < -0.3 is 24.1 Å². The zero-order valence-corrected chi connectivity index (χ0v) is 24.6. The summed E-state index contributed by atoms with van der Waals surface area (Å²) < 4.78 is 16.8. The maximum atomic E-state index is 13.7. The Balaban J connectivity index is 1.28. The molecule has 0 bridgehead atoms. The number of methoxy groups -OCH3 is 1. The third kappa shape index (κ3) is 9.32. The highest BCUT2D eigenvalue weighted by Crippen LogP contribution is 2.26. The van der Waals surface area contributed by atoms with Gasteiger partial charge in [-0.3, -0.25) is 14.5 Å². The lowest BCUT2D eigenvalue weighted by molar-refractivity contribution is -0.140. The van der Waals surface area contributed by atoms with E-state index in [9.17, 15) is 9.59 Å². The molecule has 1 aromatic carbocycles. The third-order valence-electron chi connectivity index (χ3n) is 8.63. The molecule has 4 rings (SSSR count). The molecule has 2 aliphatic rings. The number of fused-ring (bicyclic) bond motifs is 1. The van der Waals surface area contributed by atoms with Crippen LogP contribution >= 0.6 is 0 Å². The smallest absolute Gasteiger partial charge is 0.248 e. The van der Waals surface area contributed by atoms with Crippen LogP contribution in [-0.2, 0) is 14.3 Å².